The van der Waals surface area contributed by atoms with Crippen LogP contribution in [0.25, 0.3) is 0 Å². The standard InChI is InChI=1S/C20H18N4O2/c1-13(20-23-19(24-26-20)15-4-5-15)22-16-6-10-18(11-7-16)25-17-8-2-14(12-21)3-9-17/h2-3,6-11,13,15,22H,4-5H2,1H3. The predicted octanol–water partition coefficient (Wildman–Crippen LogP) is 4.78. The van der Waals surface area contributed by atoms with Gasteiger partial charge in [0, 0.05) is 11.6 Å². The zero-order chi connectivity index (χ0) is 17.9. The van der Waals surface area contributed by atoms with Gasteiger partial charge in [0.2, 0.25) is 5.89 Å². The van der Waals surface area contributed by atoms with Crippen molar-refractivity contribution in [3.8, 4) is 17.6 Å². The van der Waals surface area contributed by atoms with Gasteiger partial charge in [-0.2, -0.15) is 10.2 Å². The Hall–Kier alpha value is -3.33. The third-order valence-electron chi connectivity index (χ3n) is 4.23. The second-order valence-electron chi connectivity index (χ2n) is 6.39. The van der Waals surface area contributed by atoms with Crippen molar-refractivity contribution in [1.82, 2.24) is 10.1 Å². The van der Waals surface area contributed by atoms with Gasteiger partial charge in [0.15, 0.2) is 5.82 Å². The SMILES string of the molecule is CC(Nc1ccc(Oc2ccc(C#N)cc2)cc1)c1nc(C2CC2)no1. The Bertz CT molecular complexity index is 922. The van der Waals surface area contributed by atoms with E-state index in [1.165, 1.54) is 0 Å². The Morgan fingerprint density at radius 3 is 2.38 bits per heavy atom. The minimum atomic E-state index is -0.0692. The Balaban J connectivity index is 1.37. The second kappa shape index (κ2) is 6.89. The van der Waals surface area contributed by atoms with E-state index < -0.39 is 0 Å². The van der Waals surface area contributed by atoms with Gasteiger partial charge in [-0.25, -0.2) is 0 Å². The van der Waals surface area contributed by atoms with Crippen LogP contribution in [0.1, 0.15) is 49.0 Å². The van der Waals surface area contributed by atoms with Crippen LogP contribution in [0.4, 0.5) is 5.69 Å². The van der Waals surface area contributed by atoms with Crippen molar-refractivity contribution in [3.05, 3.63) is 65.8 Å². The van der Waals surface area contributed by atoms with Crippen molar-refractivity contribution in [2.75, 3.05) is 5.32 Å². The number of nitriles is 1. The van der Waals surface area contributed by atoms with E-state index in [-0.39, 0.29) is 6.04 Å². The van der Waals surface area contributed by atoms with Crippen molar-refractivity contribution in [1.29, 1.82) is 5.26 Å². The summed E-state index contributed by atoms with van der Waals surface area (Å²) in [5.41, 5.74) is 1.55. The van der Waals surface area contributed by atoms with Crippen LogP contribution < -0.4 is 10.1 Å². The Morgan fingerprint density at radius 1 is 1.12 bits per heavy atom. The minimum absolute atomic E-state index is 0.0692. The van der Waals surface area contributed by atoms with E-state index in [4.69, 9.17) is 14.5 Å². The first-order valence-corrected chi connectivity index (χ1v) is 8.59. The van der Waals surface area contributed by atoms with Crippen molar-refractivity contribution in [2.24, 2.45) is 0 Å². The number of aromatic nitrogens is 2. The van der Waals surface area contributed by atoms with Crippen LogP contribution in [-0.2, 0) is 0 Å². The molecule has 0 bridgehead atoms. The van der Waals surface area contributed by atoms with Crippen LogP contribution in [-0.4, -0.2) is 10.1 Å². The summed E-state index contributed by atoms with van der Waals surface area (Å²) in [6.07, 6.45) is 2.31. The fourth-order valence-electron chi connectivity index (χ4n) is 2.60. The molecule has 1 aliphatic rings. The summed E-state index contributed by atoms with van der Waals surface area (Å²) < 4.78 is 11.1. The van der Waals surface area contributed by atoms with Crippen LogP contribution in [0.5, 0.6) is 11.5 Å². The van der Waals surface area contributed by atoms with E-state index >= 15 is 0 Å². The third kappa shape index (κ3) is 3.67. The normalized spacial score (nSPS) is 14.5. The highest BCUT2D eigenvalue weighted by atomic mass is 16.5. The Kier molecular flexibility index (Phi) is 4.28. The number of benzene rings is 2. The molecule has 4 rings (SSSR count). The predicted molar refractivity (Wildman–Crippen MR) is 96.0 cm³/mol. The molecule has 0 radical (unpaired) electrons. The van der Waals surface area contributed by atoms with Gasteiger partial charge in [-0.3, -0.25) is 0 Å². The molecular weight excluding hydrogens is 328 g/mol. The molecule has 1 saturated carbocycles. The van der Waals surface area contributed by atoms with E-state index in [1.807, 2.05) is 31.2 Å². The molecule has 1 atom stereocenters. The van der Waals surface area contributed by atoms with E-state index in [1.54, 1.807) is 24.3 Å². The smallest absolute Gasteiger partial charge is 0.248 e. The molecular formula is C20H18N4O2. The number of anilines is 1. The van der Waals surface area contributed by atoms with Crippen molar-refractivity contribution < 1.29 is 9.26 Å². The number of hydrogen-bond donors (Lipinski definition) is 1. The number of ether oxygens (including phenoxy) is 1. The zero-order valence-electron chi connectivity index (χ0n) is 14.3. The monoisotopic (exact) mass is 346 g/mol. The first-order chi connectivity index (χ1) is 12.7. The lowest BCUT2D eigenvalue weighted by atomic mass is 10.2. The van der Waals surface area contributed by atoms with Crippen molar-refractivity contribution in [3.63, 3.8) is 0 Å². The highest BCUT2D eigenvalue weighted by molar-refractivity contribution is 5.48. The van der Waals surface area contributed by atoms with Gasteiger partial charge >= 0.3 is 0 Å². The average Bonchev–Trinajstić information content (AvgIpc) is 3.40. The van der Waals surface area contributed by atoms with Crippen LogP contribution in [0.3, 0.4) is 0 Å². The van der Waals surface area contributed by atoms with Gasteiger partial charge in [0.05, 0.1) is 11.6 Å². The lowest BCUT2D eigenvalue weighted by Crippen LogP contribution is -2.07. The van der Waals surface area contributed by atoms with Gasteiger partial charge in [-0.15, -0.1) is 0 Å². The average molecular weight is 346 g/mol. The molecule has 1 fully saturated rings. The molecule has 6 heteroatoms. The molecule has 1 N–H and O–H groups in total. The summed E-state index contributed by atoms with van der Waals surface area (Å²) >= 11 is 0. The molecule has 6 nitrogen and oxygen atoms in total. The van der Waals surface area contributed by atoms with E-state index in [9.17, 15) is 0 Å². The van der Waals surface area contributed by atoms with Crippen molar-refractivity contribution in [2.45, 2.75) is 31.7 Å². The summed E-state index contributed by atoms with van der Waals surface area (Å²) in [6, 6.07) is 16.7. The molecule has 0 saturated heterocycles. The Labute approximate surface area is 151 Å². The zero-order valence-corrected chi connectivity index (χ0v) is 14.3. The van der Waals surface area contributed by atoms with Crippen molar-refractivity contribution >= 4 is 5.69 Å². The molecule has 1 aliphatic carbocycles. The number of hydrogen-bond acceptors (Lipinski definition) is 6. The molecule has 0 aliphatic heterocycles. The van der Waals surface area contributed by atoms with E-state index in [0.29, 0.717) is 23.1 Å². The molecule has 1 heterocycles. The highest BCUT2D eigenvalue weighted by Gasteiger charge is 2.29. The van der Waals surface area contributed by atoms with Gasteiger partial charge in [-0.1, -0.05) is 5.16 Å². The number of nitrogens with zero attached hydrogens (tertiary/aromatic N) is 3. The molecule has 1 aromatic heterocycles. The van der Waals surface area contributed by atoms with Crippen LogP contribution in [0, 0.1) is 11.3 Å². The largest absolute Gasteiger partial charge is 0.457 e. The molecule has 3 aromatic rings. The van der Waals surface area contributed by atoms with Gasteiger partial charge in [0.1, 0.15) is 17.5 Å². The summed E-state index contributed by atoms with van der Waals surface area (Å²) in [7, 11) is 0. The molecule has 2 aromatic carbocycles. The molecule has 0 amide bonds. The maximum Gasteiger partial charge on any atom is 0.248 e. The summed E-state index contributed by atoms with van der Waals surface area (Å²) in [5.74, 6) is 3.32. The number of nitrogens with one attached hydrogen (secondary N) is 1. The van der Waals surface area contributed by atoms with E-state index in [0.717, 1.165) is 30.1 Å². The topological polar surface area (TPSA) is 84.0 Å². The second-order valence-corrected chi connectivity index (χ2v) is 6.39. The quantitative estimate of drug-likeness (QED) is 0.691. The van der Waals surface area contributed by atoms with Crippen LogP contribution in [0.2, 0.25) is 0 Å². The minimum Gasteiger partial charge on any atom is -0.457 e. The first kappa shape index (κ1) is 16.2. The third-order valence-corrected chi connectivity index (χ3v) is 4.23. The maximum atomic E-state index is 8.82. The van der Waals surface area contributed by atoms with Gasteiger partial charge in [-0.05, 0) is 68.3 Å². The molecule has 0 spiro atoms. The molecule has 26 heavy (non-hydrogen) atoms. The highest BCUT2D eigenvalue weighted by Crippen LogP contribution is 2.38. The lowest BCUT2D eigenvalue weighted by molar-refractivity contribution is 0.363. The lowest BCUT2D eigenvalue weighted by Gasteiger charge is -2.12. The summed E-state index contributed by atoms with van der Waals surface area (Å²) in [5, 5.41) is 16.2. The van der Waals surface area contributed by atoms with Gasteiger partial charge < -0.3 is 14.6 Å². The van der Waals surface area contributed by atoms with Gasteiger partial charge in [0.25, 0.3) is 0 Å². The fraction of sp³-hybridized carbons (Fsp3) is 0.250. The fourth-order valence-corrected chi connectivity index (χ4v) is 2.60. The maximum absolute atomic E-state index is 8.82. The summed E-state index contributed by atoms with van der Waals surface area (Å²) in [4.78, 5) is 4.47. The Morgan fingerprint density at radius 2 is 1.77 bits per heavy atom. The summed E-state index contributed by atoms with van der Waals surface area (Å²) in [6.45, 7) is 1.99. The molecule has 130 valence electrons. The van der Waals surface area contributed by atoms with Crippen LogP contribution in [0.15, 0.2) is 53.1 Å². The number of rotatable bonds is 6. The van der Waals surface area contributed by atoms with E-state index in [2.05, 4.69) is 21.5 Å². The first-order valence-electron chi connectivity index (χ1n) is 8.59. The van der Waals surface area contributed by atoms with Crippen LogP contribution >= 0.6 is 0 Å². The molecule has 1 unspecified atom stereocenters.